The molecule has 3 rings (SSSR count). The molecular formula is C23H27N3O5S. The molecule has 2 heterocycles. The number of fused-ring (bicyclic) bond motifs is 1. The van der Waals surface area contributed by atoms with Crippen molar-refractivity contribution in [2.24, 2.45) is 0 Å². The summed E-state index contributed by atoms with van der Waals surface area (Å²) in [5.41, 5.74) is 3.94. The number of nitrogens with one attached hydrogen (secondary N) is 1. The highest BCUT2D eigenvalue weighted by Gasteiger charge is 2.27. The molecule has 0 saturated heterocycles. The first-order chi connectivity index (χ1) is 15.2. The zero-order chi connectivity index (χ0) is 23.6. The van der Waals surface area contributed by atoms with Crippen molar-refractivity contribution in [1.82, 2.24) is 14.5 Å². The molecule has 0 fully saturated rings. The average molecular weight is 458 g/mol. The maximum absolute atomic E-state index is 13.2. The number of imidazole rings is 1. The molecule has 170 valence electrons. The number of hydrogen-bond donors (Lipinski definition) is 1. The maximum Gasteiger partial charge on any atom is 0.339 e. The van der Waals surface area contributed by atoms with E-state index in [0.29, 0.717) is 51.9 Å². The minimum absolute atomic E-state index is 0.132. The lowest BCUT2D eigenvalue weighted by atomic mass is 10.1. The number of aromatic nitrogens is 3. The second kappa shape index (κ2) is 9.60. The van der Waals surface area contributed by atoms with E-state index in [0.717, 1.165) is 5.52 Å². The van der Waals surface area contributed by atoms with Crippen LogP contribution in [-0.2, 0) is 16.0 Å². The van der Waals surface area contributed by atoms with Crippen LogP contribution in [0.5, 0.6) is 0 Å². The molecule has 0 amide bonds. The zero-order valence-corrected chi connectivity index (χ0v) is 19.9. The fraction of sp³-hybridized carbons (Fsp3) is 0.391. The van der Waals surface area contributed by atoms with E-state index in [4.69, 9.17) is 9.47 Å². The number of carbonyl (C=O) groups excluding carboxylic acids is 3. The van der Waals surface area contributed by atoms with E-state index < -0.39 is 17.2 Å². The molecule has 0 aliphatic carbocycles. The quantitative estimate of drug-likeness (QED) is 0.305. The van der Waals surface area contributed by atoms with E-state index in [9.17, 15) is 14.4 Å². The lowest BCUT2D eigenvalue weighted by Crippen LogP contribution is -2.16. The third-order valence-corrected chi connectivity index (χ3v) is 6.36. The number of benzene rings is 1. The van der Waals surface area contributed by atoms with Gasteiger partial charge in [-0.05, 0) is 58.4 Å². The van der Waals surface area contributed by atoms with Crippen molar-refractivity contribution in [2.75, 3.05) is 13.7 Å². The van der Waals surface area contributed by atoms with Crippen molar-refractivity contribution in [3.63, 3.8) is 0 Å². The first-order valence-corrected chi connectivity index (χ1v) is 11.3. The number of aryl methyl sites for hydroxylation is 2. The largest absolute Gasteiger partial charge is 0.465 e. The number of aromatic amines is 1. The molecule has 0 aliphatic heterocycles. The number of ketones is 1. The predicted octanol–water partition coefficient (Wildman–Crippen LogP) is 4.33. The van der Waals surface area contributed by atoms with Gasteiger partial charge in [0.05, 0.1) is 46.8 Å². The third kappa shape index (κ3) is 4.29. The number of thioether (sulfide) groups is 1. The summed E-state index contributed by atoms with van der Waals surface area (Å²) >= 11 is 1.34. The highest BCUT2D eigenvalue weighted by Crippen LogP contribution is 2.31. The Bertz CT molecular complexity index is 1190. The van der Waals surface area contributed by atoms with Gasteiger partial charge in [0.25, 0.3) is 0 Å². The van der Waals surface area contributed by atoms with Gasteiger partial charge in [0.15, 0.2) is 10.9 Å². The van der Waals surface area contributed by atoms with Crippen LogP contribution in [0.4, 0.5) is 0 Å². The van der Waals surface area contributed by atoms with Gasteiger partial charge in [-0.3, -0.25) is 4.79 Å². The number of Topliss-reactive ketones (excluding diaryl/α,β-unsaturated/α-hetero) is 1. The second-order valence-corrected chi connectivity index (χ2v) is 8.61. The average Bonchev–Trinajstić information content (AvgIpc) is 3.27. The molecule has 3 aromatic rings. The van der Waals surface area contributed by atoms with Gasteiger partial charge in [-0.15, -0.1) is 0 Å². The van der Waals surface area contributed by atoms with Gasteiger partial charge in [0.2, 0.25) is 0 Å². The van der Waals surface area contributed by atoms with E-state index in [2.05, 4.69) is 9.97 Å². The Morgan fingerprint density at radius 1 is 1.19 bits per heavy atom. The smallest absolute Gasteiger partial charge is 0.339 e. The van der Waals surface area contributed by atoms with Gasteiger partial charge in [-0.25, -0.2) is 14.6 Å². The molecule has 8 nitrogen and oxygen atoms in total. The molecule has 0 unspecified atom stereocenters. The van der Waals surface area contributed by atoms with Gasteiger partial charge in [0.1, 0.15) is 0 Å². The topological polar surface area (TPSA) is 103 Å². The fourth-order valence-electron chi connectivity index (χ4n) is 3.66. The van der Waals surface area contributed by atoms with E-state index in [1.807, 2.05) is 24.5 Å². The highest BCUT2D eigenvalue weighted by molar-refractivity contribution is 8.00. The Hall–Kier alpha value is -3.07. The summed E-state index contributed by atoms with van der Waals surface area (Å²) in [4.78, 5) is 45.0. The number of hydrogen-bond acceptors (Lipinski definition) is 7. The molecule has 0 saturated carbocycles. The molecule has 0 aliphatic rings. The van der Waals surface area contributed by atoms with Crippen molar-refractivity contribution in [1.29, 1.82) is 0 Å². The molecule has 1 aromatic carbocycles. The normalized spacial score (nSPS) is 12.1. The summed E-state index contributed by atoms with van der Waals surface area (Å²) in [5, 5.41) is 0.224. The van der Waals surface area contributed by atoms with E-state index in [1.165, 1.54) is 18.9 Å². The third-order valence-electron chi connectivity index (χ3n) is 5.27. The molecule has 1 atom stereocenters. The van der Waals surface area contributed by atoms with Crippen LogP contribution in [-0.4, -0.2) is 51.2 Å². The Morgan fingerprint density at radius 3 is 2.53 bits per heavy atom. The summed E-state index contributed by atoms with van der Waals surface area (Å²) in [5.74, 6) is -0.995. The molecule has 0 spiro atoms. The number of carbonyl (C=O) groups is 3. The van der Waals surface area contributed by atoms with Gasteiger partial charge in [-0.2, -0.15) is 0 Å². The first-order valence-electron chi connectivity index (χ1n) is 10.4. The van der Waals surface area contributed by atoms with Crippen molar-refractivity contribution in [3.05, 3.63) is 46.3 Å². The lowest BCUT2D eigenvalue weighted by Gasteiger charge is -2.11. The van der Waals surface area contributed by atoms with Gasteiger partial charge >= 0.3 is 11.9 Å². The number of esters is 2. The van der Waals surface area contributed by atoms with Crippen molar-refractivity contribution in [3.8, 4) is 0 Å². The highest BCUT2D eigenvalue weighted by atomic mass is 32.2. The van der Waals surface area contributed by atoms with Crippen LogP contribution >= 0.6 is 11.8 Å². The zero-order valence-electron chi connectivity index (χ0n) is 19.1. The number of ether oxygens (including phenoxy) is 2. The summed E-state index contributed by atoms with van der Waals surface area (Å²) in [6, 6.07) is 5.27. The summed E-state index contributed by atoms with van der Waals surface area (Å²) in [6.45, 7) is 10.0. The van der Waals surface area contributed by atoms with Crippen LogP contribution in [0, 0.1) is 13.8 Å². The summed E-state index contributed by atoms with van der Waals surface area (Å²) in [7, 11) is 1.32. The summed E-state index contributed by atoms with van der Waals surface area (Å²) in [6.07, 6.45) is 0. The Morgan fingerprint density at radius 2 is 1.91 bits per heavy atom. The predicted molar refractivity (Wildman–Crippen MR) is 123 cm³/mol. The molecule has 2 aromatic heterocycles. The fourth-order valence-corrected chi connectivity index (χ4v) is 4.71. The molecule has 1 N–H and O–H groups in total. The molecule has 32 heavy (non-hydrogen) atoms. The Kier molecular flexibility index (Phi) is 7.08. The monoisotopic (exact) mass is 457 g/mol. The van der Waals surface area contributed by atoms with Crippen LogP contribution in [0.25, 0.3) is 11.0 Å². The van der Waals surface area contributed by atoms with E-state index in [1.54, 1.807) is 32.9 Å². The van der Waals surface area contributed by atoms with Crippen molar-refractivity contribution < 1.29 is 23.9 Å². The Labute approximate surface area is 190 Å². The standard InChI is InChI=1S/C23H27N3O5S/c1-7-26-17-10-9-15(21(28)31-8-2)11-16(17)25-23(26)32-14(5)20(27)19-12(3)18(13(4)24-19)22(29)30-6/h9-11,14,24H,7-8H2,1-6H3/t14-/m0/s1. The molecule has 9 heteroatoms. The van der Waals surface area contributed by atoms with E-state index >= 15 is 0 Å². The van der Waals surface area contributed by atoms with Gasteiger partial charge in [0, 0.05) is 12.2 Å². The van der Waals surface area contributed by atoms with Crippen LogP contribution in [0.3, 0.4) is 0 Å². The van der Waals surface area contributed by atoms with Gasteiger partial charge in [-0.1, -0.05) is 11.8 Å². The van der Waals surface area contributed by atoms with E-state index in [-0.39, 0.29) is 5.78 Å². The SMILES string of the molecule is CCOC(=O)c1ccc2c(c1)nc(S[C@@H](C)C(=O)c1[nH]c(C)c(C(=O)OC)c1C)n2CC. The molecule has 0 bridgehead atoms. The minimum Gasteiger partial charge on any atom is -0.465 e. The lowest BCUT2D eigenvalue weighted by molar-refractivity contribution is 0.0525. The maximum atomic E-state index is 13.2. The molecular weight excluding hydrogens is 430 g/mol. The van der Waals surface area contributed by atoms with Crippen LogP contribution in [0.15, 0.2) is 23.4 Å². The summed E-state index contributed by atoms with van der Waals surface area (Å²) < 4.78 is 11.9. The molecule has 0 radical (unpaired) electrons. The van der Waals surface area contributed by atoms with Crippen LogP contribution in [0.2, 0.25) is 0 Å². The van der Waals surface area contributed by atoms with Crippen molar-refractivity contribution >= 4 is 40.5 Å². The second-order valence-electron chi connectivity index (χ2n) is 7.30. The van der Waals surface area contributed by atoms with Crippen LogP contribution in [0.1, 0.15) is 63.2 Å². The van der Waals surface area contributed by atoms with Crippen LogP contribution < -0.4 is 0 Å². The van der Waals surface area contributed by atoms with Crippen molar-refractivity contribution in [2.45, 2.75) is 51.6 Å². The Balaban J connectivity index is 1.91. The number of rotatable bonds is 8. The minimum atomic E-state index is -0.471. The number of nitrogens with zero attached hydrogens (tertiary/aromatic N) is 2. The number of methoxy groups -OCH3 is 1. The van der Waals surface area contributed by atoms with Gasteiger partial charge < -0.3 is 19.0 Å². The number of H-pyrrole nitrogens is 1. The first kappa shape index (κ1) is 23.6.